The number of rotatable bonds is 7. The van der Waals surface area contributed by atoms with Crippen LogP contribution in [-0.2, 0) is 6.18 Å². The molecular weight excluding hydrogens is 421 g/mol. The van der Waals surface area contributed by atoms with E-state index in [0.717, 1.165) is 12.1 Å². The van der Waals surface area contributed by atoms with Crippen molar-refractivity contribution in [1.29, 1.82) is 5.26 Å². The number of alkyl halides is 3. The maximum Gasteiger partial charge on any atom is 0.416 e. The van der Waals surface area contributed by atoms with Crippen LogP contribution in [0.5, 0.6) is 11.5 Å². The molecule has 0 unspecified atom stereocenters. The minimum absolute atomic E-state index is 0.0142. The Morgan fingerprint density at radius 2 is 1.67 bits per heavy atom. The van der Waals surface area contributed by atoms with Gasteiger partial charge < -0.3 is 9.47 Å². The first kappa shape index (κ1) is 21.2. The summed E-state index contributed by atoms with van der Waals surface area (Å²) in [7, 11) is 0. The van der Waals surface area contributed by atoms with Gasteiger partial charge in [-0.1, -0.05) is 11.6 Å². The third kappa shape index (κ3) is 5.52. The predicted molar refractivity (Wildman–Crippen MR) is 103 cm³/mol. The largest absolute Gasteiger partial charge is 0.490 e. The van der Waals surface area contributed by atoms with Gasteiger partial charge in [-0.05, 0) is 54.6 Å². The maximum absolute atomic E-state index is 13.2. The fourth-order valence-electron chi connectivity index (χ4n) is 2.45. The third-order valence-electron chi connectivity index (χ3n) is 3.83. The lowest BCUT2D eigenvalue weighted by Crippen LogP contribution is -2.06. The molecule has 0 saturated carbocycles. The molecule has 1 heterocycles. The van der Waals surface area contributed by atoms with Crippen molar-refractivity contribution < 1.29 is 22.6 Å². The minimum Gasteiger partial charge on any atom is -0.490 e. The number of nitrogens with one attached hydrogen (secondary N) is 1. The summed E-state index contributed by atoms with van der Waals surface area (Å²) in [5, 5.41) is 19.2. The molecular formula is C20H14ClF3N4O2. The molecule has 0 bridgehead atoms. The number of H-pyrrole nitrogens is 1. The van der Waals surface area contributed by atoms with Crippen LogP contribution in [-0.4, -0.2) is 28.6 Å². The minimum atomic E-state index is -4.59. The topological polar surface area (TPSA) is 83.8 Å². The number of benzene rings is 2. The van der Waals surface area contributed by atoms with Crippen LogP contribution in [0, 0.1) is 11.3 Å². The number of nitrogens with zero attached hydrogens (tertiary/aromatic N) is 3. The van der Waals surface area contributed by atoms with E-state index < -0.39 is 11.7 Å². The monoisotopic (exact) mass is 434 g/mol. The molecule has 0 aliphatic heterocycles. The Kier molecular flexibility index (Phi) is 6.59. The summed E-state index contributed by atoms with van der Waals surface area (Å²) in [6.45, 7) is 0.276. The summed E-state index contributed by atoms with van der Waals surface area (Å²) in [6, 6.07) is 11.7. The molecule has 3 aromatic rings. The molecule has 10 heteroatoms. The van der Waals surface area contributed by atoms with E-state index in [1.807, 2.05) is 0 Å². The Morgan fingerprint density at radius 1 is 1.00 bits per heavy atom. The Labute approximate surface area is 174 Å². The first-order valence-electron chi connectivity index (χ1n) is 8.56. The standard InChI is InChI=1S/C20H14ClF3N4O2/c21-15-3-5-16(6-4-15)29-7-1-2-8-30-17-10-13(9-14(11-17)20(22,23)24)19-18(12-25)26-28-27-19/h1-6,9-11H,7-8H2,(H,26,27,28)/b2-1+. The highest BCUT2D eigenvalue weighted by atomic mass is 35.5. The van der Waals surface area contributed by atoms with E-state index in [-0.39, 0.29) is 35.9 Å². The number of hydrogen-bond donors (Lipinski definition) is 1. The van der Waals surface area contributed by atoms with Crippen molar-refractivity contribution in [3.63, 3.8) is 0 Å². The van der Waals surface area contributed by atoms with Crippen LogP contribution in [0.3, 0.4) is 0 Å². The smallest absolute Gasteiger partial charge is 0.416 e. The number of halogens is 4. The Balaban J connectivity index is 1.67. The Morgan fingerprint density at radius 3 is 2.30 bits per heavy atom. The zero-order valence-corrected chi connectivity index (χ0v) is 16.0. The molecule has 0 atom stereocenters. The lowest BCUT2D eigenvalue weighted by molar-refractivity contribution is -0.137. The van der Waals surface area contributed by atoms with Crippen LogP contribution in [0.2, 0.25) is 5.02 Å². The highest BCUT2D eigenvalue weighted by Gasteiger charge is 2.32. The third-order valence-corrected chi connectivity index (χ3v) is 4.09. The summed E-state index contributed by atoms with van der Waals surface area (Å²) in [6.07, 6.45) is -1.30. The van der Waals surface area contributed by atoms with Crippen molar-refractivity contribution in [2.45, 2.75) is 6.18 Å². The van der Waals surface area contributed by atoms with E-state index in [4.69, 9.17) is 26.3 Å². The first-order valence-corrected chi connectivity index (χ1v) is 8.94. The average Bonchev–Trinajstić information content (AvgIpc) is 3.20. The van der Waals surface area contributed by atoms with Crippen LogP contribution in [0.1, 0.15) is 11.3 Å². The summed E-state index contributed by atoms with van der Waals surface area (Å²) in [5.41, 5.74) is -0.947. The number of hydrogen-bond acceptors (Lipinski definition) is 5. The van der Waals surface area contributed by atoms with Gasteiger partial charge in [0.2, 0.25) is 0 Å². The van der Waals surface area contributed by atoms with Crippen LogP contribution in [0.4, 0.5) is 13.2 Å². The highest BCUT2D eigenvalue weighted by Crippen LogP contribution is 2.35. The zero-order valence-electron chi connectivity index (χ0n) is 15.3. The second-order valence-electron chi connectivity index (χ2n) is 5.92. The van der Waals surface area contributed by atoms with E-state index in [0.29, 0.717) is 10.8 Å². The second kappa shape index (κ2) is 9.33. The molecule has 0 amide bonds. The molecule has 0 fully saturated rings. The number of aromatic nitrogens is 3. The molecule has 1 aromatic heterocycles. The fourth-order valence-corrected chi connectivity index (χ4v) is 2.57. The molecule has 0 saturated heterocycles. The molecule has 6 nitrogen and oxygen atoms in total. The Bertz CT molecular complexity index is 1070. The van der Waals surface area contributed by atoms with E-state index in [1.54, 1.807) is 42.5 Å². The molecule has 1 N–H and O–H groups in total. The molecule has 154 valence electrons. The van der Waals surface area contributed by atoms with Crippen molar-refractivity contribution in [3.8, 4) is 28.8 Å². The van der Waals surface area contributed by atoms with Gasteiger partial charge in [0, 0.05) is 10.6 Å². The second-order valence-corrected chi connectivity index (χ2v) is 6.36. The quantitative estimate of drug-likeness (QED) is 0.527. The van der Waals surface area contributed by atoms with Crippen molar-refractivity contribution in [3.05, 3.63) is 70.9 Å². The summed E-state index contributed by atoms with van der Waals surface area (Å²) in [5.74, 6) is 0.614. The van der Waals surface area contributed by atoms with Gasteiger partial charge in [0.05, 0.1) is 5.56 Å². The fraction of sp³-hybridized carbons (Fsp3) is 0.150. The lowest BCUT2D eigenvalue weighted by Gasteiger charge is -2.12. The first-order chi connectivity index (χ1) is 14.4. The van der Waals surface area contributed by atoms with E-state index in [9.17, 15) is 13.2 Å². The van der Waals surface area contributed by atoms with Crippen LogP contribution >= 0.6 is 11.6 Å². The molecule has 0 aliphatic rings. The SMILES string of the molecule is N#Cc1n[nH]nc1-c1cc(OC/C=C/COc2ccc(Cl)cc2)cc(C(F)(F)F)c1. The lowest BCUT2D eigenvalue weighted by atomic mass is 10.1. The molecule has 0 aliphatic carbocycles. The average molecular weight is 435 g/mol. The number of ether oxygens (including phenoxy) is 2. The normalized spacial score (nSPS) is 11.4. The Hall–Kier alpha value is -3.51. The predicted octanol–water partition coefficient (Wildman–Crippen LogP) is 5.03. The van der Waals surface area contributed by atoms with Gasteiger partial charge in [0.1, 0.15) is 36.5 Å². The van der Waals surface area contributed by atoms with Gasteiger partial charge in [0.15, 0.2) is 5.69 Å². The zero-order chi connectivity index (χ0) is 21.6. The van der Waals surface area contributed by atoms with Crippen molar-refractivity contribution >= 4 is 11.6 Å². The highest BCUT2D eigenvalue weighted by molar-refractivity contribution is 6.30. The summed E-state index contributed by atoms with van der Waals surface area (Å²) < 4.78 is 50.6. The van der Waals surface area contributed by atoms with Crippen LogP contribution in [0.25, 0.3) is 11.3 Å². The molecule has 0 spiro atoms. The van der Waals surface area contributed by atoms with Gasteiger partial charge in [-0.15, -0.1) is 5.10 Å². The van der Waals surface area contributed by atoms with Gasteiger partial charge in [-0.2, -0.15) is 28.7 Å². The maximum atomic E-state index is 13.2. The molecule has 0 radical (unpaired) electrons. The summed E-state index contributed by atoms with van der Waals surface area (Å²) in [4.78, 5) is 0. The van der Waals surface area contributed by atoms with Crippen molar-refractivity contribution in [1.82, 2.24) is 15.4 Å². The molecule has 3 rings (SSSR count). The van der Waals surface area contributed by atoms with Crippen molar-refractivity contribution in [2.75, 3.05) is 13.2 Å². The number of nitriles is 1. The van der Waals surface area contributed by atoms with Crippen molar-refractivity contribution in [2.24, 2.45) is 0 Å². The molecule has 30 heavy (non-hydrogen) atoms. The van der Waals surface area contributed by atoms with Gasteiger partial charge in [-0.3, -0.25) is 0 Å². The summed E-state index contributed by atoms with van der Waals surface area (Å²) >= 11 is 5.79. The van der Waals surface area contributed by atoms with Gasteiger partial charge >= 0.3 is 6.18 Å². The van der Waals surface area contributed by atoms with E-state index in [2.05, 4.69) is 15.4 Å². The number of aromatic amines is 1. The van der Waals surface area contributed by atoms with Gasteiger partial charge in [0.25, 0.3) is 0 Å². The van der Waals surface area contributed by atoms with Crippen LogP contribution < -0.4 is 9.47 Å². The van der Waals surface area contributed by atoms with Gasteiger partial charge in [-0.25, -0.2) is 0 Å². The van der Waals surface area contributed by atoms with E-state index in [1.165, 1.54) is 6.07 Å². The van der Waals surface area contributed by atoms with Crippen LogP contribution in [0.15, 0.2) is 54.6 Å². The molecule has 2 aromatic carbocycles. The van der Waals surface area contributed by atoms with E-state index >= 15 is 0 Å².